The van der Waals surface area contributed by atoms with Gasteiger partial charge < -0.3 is 9.88 Å². The molecule has 0 radical (unpaired) electrons. The molecule has 10 nitrogen and oxygen atoms in total. The van der Waals surface area contributed by atoms with Crippen LogP contribution in [0.1, 0.15) is 46.0 Å². The molecule has 1 unspecified atom stereocenters. The zero-order valence-electron chi connectivity index (χ0n) is 24.6. The Hall–Kier alpha value is -5.27. The molecule has 228 valence electrons. The van der Waals surface area contributed by atoms with Crippen molar-refractivity contribution in [1.29, 1.82) is 10.5 Å². The predicted octanol–water partition coefficient (Wildman–Crippen LogP) is 5.37. The summed E-state index contributed by atoms with van der Waals surface area (Å²) in [7, 11) is 1.78. The van der Waals surface area contributed by atoms with Crippen LogP contribution in [0.2, 0.25) is 0 Å². The van der Waals surface area contributed by atoms with Gasteiger partial charge in [0.25, 0.3) is 5.91 Å². The first-order valence-corrected chi connectivity index (χ1v) is 14.4. The van der Waals surface area contributed by atoms with Crippen molar-refractivity contribution >= 4 is 17.5 Å². The van der Waals surface area contributed by atoms with Crippen LogP contribution >= 0.6 is 0 Å². The van der Waals surface area contributed by atoms with E-state index in [1.165, 1.54) is 4.90 Å². The highest BCUT2D eigenvalue weighted by atomic mass is 19.4. The number of hydrogen-bond donors (Lipinski definition) is 1. The van der Waals surface area contributed by atoms with Crippen molar-refractivity contribution in [2.45, 2.75) is 32.6 Å². The van der Waals surface area contributed by atoms with Crippen LogP contribution in [0.4, 0.5) is 24.8 Å². The first kappa shape index (κ1) is 29.8. The van der Waals surface area contributed by atoms with E-state index in [0.29, 0.717) is 46.0 Å². The molecule has 1 amide bonds. The Morgan fingerprint density at radius 3 is 2.51 bits per heavy atom. The Morgan fingerprint density at radius 2 is 1.87 bits per heavy atom. The molecule has 4 aromatic rings. The Morgan fingerprint density at radius 1 is 1.07 bits per heavy atom. The van der Waals surface area contributed by atoms with Crippen LogP contribution < -0.4 is 10.2 Å². The molecule has 2 aromatic heterocycles. The average Bonchev–Trinajstić information content (AvgIpc) is 3.58. The number of carbonyl (C=O) groups excluding carboxylic acids is 1. The lowest BCUT2D eigenvalue weighted by Crippen LogP contribution is -2.36. The van der Waals surface area contributed by atoms with Crippen LogP contribution in [-0.2, 0) is 26.3 Å². The van der Waals surface area contributed by atoms with E-state index < -0.39 is 17.6 Å². The average molecular weight is 612 g/mol. The van der Waals surface area contributed by atoms with Crippen molar-refractivity contribution < 1.29 is 18.0 Å². The lowest BCUT2D eigenvalue weighted by molar-refractivity contribution is -0.138. The molecule has 4 heterocycles. The summed E-state index contributed by atoms with van der Waals surface area (Å²) in [4.78, 5) is 21.7. The monoisotopic (exact) mass is 611 g/mol. The van der Waals surface area contributed by atoms with Gasteiger partial charge in [0.05, 0.1) is 35.7 Å². The number of alkyl halides is 3. The van der Waals surface area contributed by atoms with Crippen molar-refractivity contribution in [3.8, 4) is 34.7 Å². The molecule has 45 heavy (non-hydrogen) atoms. The fourth-order valence-corrected chi connectivity index (χ4v) is 5.57. The quantitative estimate of drug-likeness (QED) is 0.282. The highest BCUT2D eigenvalue weighted by Crippen LogP contribution is 2.41. The number of aryl methyl sites for hydroxylation is 1. The Balaban J connectivity index is 1.47. The number of pyridine rings is 1. The molecular formula is C32H28F3N9O. The molecule has 1 saturated heterocycles. The van der Waals surface area contributed by atoms with Crippen molar-refractivity contribution in [1.82, 2.24) is 24.6 Å². The fraction of sp³-hybridized carbons (Fsp3) is 0.312. The van der Waals surface area contributed by atoms with Gasteiger partial charge in [-0.3, -0.25) is 14.6 Å². The summed E-state index contributed by atoms with van der Waals surface area (Å²) in [6, 6.07) is 15.4. The topological polar surface area (TPSA) is 127 Å². The number of nitriles is 2. The summed E-state index contributed by atoms with van der Waals surface area (Å²) >= 11 is 0. The number of hydrogen-bond acceptors (Lipinski definition) is 8. The third kappa shape index (κ3) is 5.82. The maximum Gasteiger partial charge on any atom is 0.416 e. The second kappa shape index (κ2) is 11.7. The lowest BCUT2D eigenvalue weighted by atomic mass is 9.97. The molecule has 1 fully saturated rings. The van der Waals surface area contributed by atoms with Crippen LogP contribution in [0.25, 0.3) is 22.5 Å². The van der Waals surface area contributed by atoms with Crippen molar-refractivity contribution in [2.75, 3.05) is 29.9 Å². The number of nitrogens with zero attached hydrogens (tertiary/aromatic N) is 8. The number of benzene rings is 2. The lowest BCUT2D eigenvalue weighted by Gasteiger charge is -2.31. The number of rotatable bonds is 8. The minimum absolute atomic E-state index is 0.00594. The Bertz CT molecular complexity index is 1880. The van der Waals surface area contributed by atoms with E-state index in [-0.39, 0.29) is 36.0 Å². The van der Waals surface area contributed by atoms with Gasteiger partial charge in [0.15, 0.2) is 5.82 Å². The van der Waals surface area contributed by atoms with Gasteiger partial charge in [0.1, 0.15) is 18.0 Å². The molecule has 2 aromatic carbocycles. The van der Waals surface area contributed by atoms with Crippen LogP contribution in [0.3, 0.4) is 0 Å². The number of anilines is 2. The smallest absolute Gasteiger partial charge is 0.369 e. The highest BCUT2D eigenvalue weighted by molar-refractivity contribution is 6.10. The van der Waals surface area contributed by atoms with Crippen LogP contribution in [0, 0.1) is 28.6 Å². The first-order chi connectivity index (χ1) is 21.5. The van der Waals surface area contributed by atoms with Gasteiger partial charge in [0, 0.05) is 31.3 Å². The summed E-state index contributed by atoms with van der Waals surface area (Å²) in [5, 5.41) is 30.3. The van der Waals surface area contributed by atoms with Crippen LogP contribution in [0.5, 0.6) is 0 Å². The van der Waals surface area contributed by atoms with Crippen LogP contribution in [0.15, 0.2) is 48.8 Å². The standard InChI is InChI=1S/C32H28F3N9O/c1-19(13-36)15-38-28-11-22(24-8-20(14-37)4-5-23(24)30-41-39-18-42(30)2)12-29(40-28)44-17-26-25(31(44)45)9-21(16-43-6-3-7-43)10-27(26)32(33,34)35/h4-5,8-12,18-19H,3,6-7,15-17H2,1-2H3,(H,38,40). The Labute approximate surface area is 257 Å². The molecule has 1 N–H and O–H groups in total. The molecule has 0 saturated carbocycles. The molecule has 2 aliphatic heterocycles. The second-order valence-corrected chi connectivity index (χ2v) is 11.3. The number of carbonyl (C=O) groups is 1. The van der Waals surface area contributed by atoms with E-state index in [4.69, 9.17) is 0 Å². The molecule has 0 spiro atoms. The van der Waals surface area contributed by atoms with E-state index >= 15 is 0 Å². The summed E-state index contributed by atoms with van der Waals surface area (Å²) < 4.78 is 44.7. The van der Waals surface area contributed by atoms with E-state index in [9.17, 15) is 28.5 Å². The number of halogens is 3. The maximum absolute atomic E-state index is 14.3. The van der Waals surface area contributed by atoms with E-state index in [2.05, 4.69) is 32.6 Å². The number of fused-ring (bicyclic) bond motifs is 1. The maximum atomic E-state index is 14.3. The van der Waals surface area contributed by atoms with Gasteiger partial charge in [-0.1, -0.05) is 0 Å². The molecule has 13 heteroatoms. The number of nitrogens with one attached hydrogen (secondary N) is 1. The largest absolute Gasteiger partial charge is 0.416 e. The van der Waals surface area contributed by atoms with Gasteiger partial charge in [-0.25, -0.2) is 4.98 Å². The second-order valence-electron chi connectivity index (χ2n) is 11.3. The molecular weight excluding hydrogens is 583 g/mol. The zero-order valence-corrected chi connectivity index (χ0v) is 24.6. The third-order valence-electron chi connectivity index (χ3n) is 8.07. The molecule has 6 rings (SSSR count). The van der Waals surface area contributed by atoms with E-state index in [0.717, 1.165) is 25.6 Å². The Kier molecular flexibility index (Phi) is 7.73. The van der Waals surface area contributed by atoms with E-state index in [1.807, 2.05) is 4.90 Å². The predicted molar refractivity (Wildman–Crippen MR) is 160 cm³/mol. The highest BCUT2D eigenvalue weighted by Gasteiger charge is 2.41. The summed E-state index contributed by atoms with van der Waals surface area (Å²) in [5.74, 6) is 0.0152. The van der Waals surface area contributed by atoms with Crippen molar-refractivity contribution in [2.24, 2.45) is 13.0 Å². The van der Waals surface area contributed by atoms with Gasteiger partial charge in [-0.2, -0.15) is 23.7 Å². The van der Waals surface area contributed by atoms with Crippen molar-refractivity contribution in [3.63, 3.8) is 0 Å². The van der Waals surface area contributed by atoms with Gasteiger partial charge in [0.2, 0.25) is 0 Å². The summed E-state index contributed by atoms with van der Waals surface area (Å²) in [5.41, 5.74) is 1.67. The van der Waals surface area contributed by atoms with Gasteiger partial charge >= 0.3 is 6.18 Å². The molecule has 0 aliphatic carbocycles. The number of amides is 1. The minimum Gasteiger partial charge on any atom is -0.369 e. The molecule has 2 aliphatic rings. The third-order valence-corrected chi connectivity index (χ3v) is 8.07. The summed E-state index contributed by atoms with van der Waals surface area (Å²) in [6.07, 6.45) is -2.12. The van der Waals surface area contributed by atoms with Gasteiger partial charge in [-0.15, -0.1) is 10.2 Å². The minimum atomic E-state index is -4.65. The normalized spacial score (nSPS) is 15.3. The zero-order chi connectivity index (χ0) is 31.9. The molecule has 1 atom stereocenters. The number of likely N-dealkylation sites (tertiary alicyclic amines) is 1. The molecule has 0 bridgehead atoms. The first-order valence-electron chi connectivity index (χ1n) is 14.4. The number of aromatic nitrogens is 4. The SMILES string of the molecule is CC(C#N)CNc1cc(-c2cc(C#N)ccc2-c2nncn2C)cc(N2Cc3c(cc(CN4CCC4)cc3C(F)(F)F)C2=O)n1. The van der Waals surface area contributed by atoms with Crippen LogP contribution in [-0.4, -0.2) is 50.2 Å². The van der Waals surface area contributed by atoms with E-state index in [1.54, 1.807) is 61.3 Å². The fourth-order valence-electron chi connectivity index (χ4n) is 5.57. The summed E-state index contributed by atoms with van der Waals surface area (Å²) in [6.45, 7) is 3.61. The van der Waals surface area contributed by atoms with Gasteiger partial charge in [-0.05, 0) is 91.2 Å². The van der Waals surface area contributed by atoms with Crippen molar-refractivity contribution in [3.05, 3.63) is 76.6 Å².